The summed E-state index contributed by atoms with van der Waals surface area (Å²) in [5.41, 5.74) is -0.364. The van der Waals surface area contributed by atoms with Crippen LogP contribution in [0.3, 0.4) is 0 Å². The van der Waals surface area contributed by atoms with Gasteiger partial charge in [-0.15, -0.1) is 0 Å². The van der Waals surface area contributed by atoms with Gasteiger partial charge in [0.1, 0.15) is 0 Å². The molecule has 1 saturated heterocycles. The van der Waals surface area contributed by atoms with Crippen molar-refractivity contribution in [2.75, 3.05) is 13.1 Å². The van der Waals surface area contributed by atoms with Gasteiger partial charge in [-0.3, -0.25) is 4.79 Å². The molecule has 17 heavy (non-hydrogen) atoms. The van der Waals surface area contributed by atoms with Crippen molar-refractivity contribution < 1.29 is 4.79 Å². The van der Waals surface area contributed by atoms with Crippen LogP contribution in [0.1, 0.15) is 40.0 Å². The number of hydrogen-bond donors (Lipinski definition) is 2. The van der Waals surface area contributed by atoms with E-state index in [-0.39, 0.29) is 17.4 Å². The molecule has 0 aliphatic carbocycles. The maximum Gasteiger partial charge on any atom is 0.226 e. The van der Waals surface area contributed by atoms with E-state index in [1.165, 1.54) is 0 Å². The lowest BCUT2D eigenvalue weighted by atomic mass is 9.74. The lowest BCUT2D eigenvalue weighted by Crippen LogP contribution is -2.49. The maximum absolute atomic E-state index is 12.2. The van der Waals surface area contributed by atoms with Crippen LogP contribution >= 0.6 is 0 Å². The van der Waals surface area contributed by atoms with E-state index in [1.54, 1.807) is 0 Å². The van der Waals surface area contributed by atoms with Crippen LogP contribution < -0.4 is 10.6 Å². The topological polar surface area (TPSA) is 64.9 Å². The SMILES string of the molecule is CC(CC#N)NC(=O)C(C)(C)C1CCCNC1. The molecular formula is C13H23N3O. The number of piperidine rings is 1. The van der Waals surface area contributed by atoms with Crippen molar-refractivity contribution in [3.8, 4) is 6.07 Å². The minimum Gasteiger partial charge on any atom is -0.352 e. The summed E-state index contributed by atoms with van der Waals surface area (Å²) in [5, 5.41) is 14.9. The first-order chi connectivity index (χ1) is 7.98. The lowest BCUT2D eigenvalue weighted by Gasteiger charge is -2.36. The molecule has 0 aromatic carbocycles. The summed E-state index contributed by atoms with van der Waals surface area (Å²) < 4.78 is 0. The molecule has 1 amide bonds. The highest BCUT2D eigenvalue weighted by atomic mass is 16.2. The van der Waals surface area contributed by atoms with Gasteiger partial charge in [0.05, 0.1) is 12.5 Å². The molecular weight excluding hydrogens is 214 g/mol. The Morgan fingerprint density at radius 2 is 2.35 bits per heavy atom. The first kappa shape index (κ1) is 14.0. The highest BCUT2D eigenvalue weighted by Crippen LogP contribution is 2.32. The molecule has 0 bridgehead atoms. The van der Waals surface area contributed by atoms with E-state index in [1.807, 2.05) is 20.8 Å². The highest BCUT2D eigenvalue weighted by molar-refractivity contribution is 5.82. The van der Waals surface area contributed by atoms with Crippen molar-refractivity contribution in [1.82, 2.24) is 10.6 Å². The predicted octanol–water partition coefficient (Wildman–Crippen LogP) is 1.43. The van der Waals surface area contributed by atoms with Crippen LogP contribution in [0.15, 0.2) is 0 Å². The number of carbonyl (C=O) groups is 1. The molecule has 4 heteroatoms. The van der Waals surface area contributed by atoms with Crippen molar-refractivity contribution >= 4 is 5.91 Å². The van der Waals surface area contributed by atoms with Gasteiger partial charge in [-0.1, -0.05) is 13.8 Å². The standard InChI is InChI=1S/C13H23N3O/c1-10(6-7-14)16-12(17)13(2,3)11-5-4-8-15-9-11/h10-11,15H,4-6,8-9H2,1-3H3,(H,16,17). The minimum atomic E-state index is -0.364. The Hall–Kier alpha value is -1.08. The molecule has 1 fully saturated rings. The molecule has 4 nitrogen and oxygen atoms in total. The highest BCUT2D eigenvalue weighted by Gasteiger charge is 2.37. The summed E-state index contributed by atoms with van der Waals surface area (Å²) in [5.74, 6) is 0.444. The first-order valence-electron chi connectivity index (χ1n) is 6.37. The second-order valence-corrected chi connectivity index (χ2v) is 5.50. The molecule has 96 valence electrons. The monoisotopic (exact) mass is 237 g/mol. The zero-order chi connectivity index (χ0) is 12.9. The average molecular weight is 237 g/mol. The Balaban J connectivity index is 2.56. The Labute approximate surface area is 104 Å². The lowest BCUT2D eigenvalue weighted by molar-refractivity contribution is -0.133. The third kappa shape index (κ3) is 3.71. The molecule has 2 unspecified atom stereocenters. The van der Waals surface area contributed by atoms with Crippen LogP contribution in [0.2, 0.25) is 0 Å². The predicted molar refractivity (Wildman–Crippen MR) is 67.2 cm³/mol. The van der Waals surface area contributed by atoms with E-state index in [0.717, 1.165) is 25.9 Å². The quantitative estimate of drug-likeness (QED) is 0.777. The van der Waals surface area contributed by atoms with Gasteiger partial charge in [0.25, 0.3) is 0 Å². The summed E-state index contributed by atoms with van der Waals surface area (Å²) in [7, 11) is 0. The van der Waals surface area contributed by atoms with Crippen LogP contribution in [0.5, 0.6) is 0 Å². The van der Waals surface area contributed by atoms with E-state index in [2.05, 4.69) is 16.7 Å². The second-order valence-electron chi connectivity index (χ2n) is 5.50. The number of carbonyl (C=O) groups excluding carboxylic acids is 1. The van der Waals surface area contributed by atoms with Gasteiger partial charge >= 0.3 is 0 Å². The number of hydrogen-bond acceptors (Lipinski definition) is 3. The minimum absolute atomic E-state index is 0.0638. The number of nitriles is 1. The largest absolute Gasteiger partial charge is 0.352 e. The Bertz CT molecular complexity index is 300. The van der Waals surface area contributed by atoms with Crippen LogP contribution in [0.25, 0.3) is 0 Å². The van der Waals surface area contributed by atoms with Gasteiger partial charge in [0, 0.05) is 11.5 Å². The van der Waals surface area contributed by atoms with E-state index < -0.39 is 0 Å². The Morgan fingerprint density at radius 1 is 1.65 bits per heavy atom. The van der Waals surface area contributed by atoms with Gasteiger partial charge in [-0.05, 0) is 38.8 Å². The fraction of sp³-hybridized carbons (Fsp3) is 0.846. The summed E-state index contributed by atoms with van der Waals surface area (Å²) >= 11 is 0. The third-order valence-corrected chi connectivity index (χ3v) is 3.68. The zero-order valence-electron chi connectivity index (χ0n) is 11.0. The molecule has 0 spiro atoms. The van der Waals surface area contributed by atoms with Crippen molar-refractivity contribution in [2.45, 2.75) is 46.1 Å². The summed E-state index contributed by atoms with van der Waals surface area (Å²) in [6.07, 6.45) is 2.60. The van der Waals surface area contributed by atoms with Crippen LogP contribution in [-0.4, -0.2) is 25.0 Å². The van der Waals surface area contributed by atoms with Gasteiger partial charge in [-0.2, -0.15) is 5.26 Å². The number of nitrogens with one attached hydrogen (secondary N) is 2. The number of amides is 1. The molecule has 1 heterocycles. The smallest absolute Gasteiger partial charge is 0.226 e. The fourth-order valence-corrected chi connectivity index (χ4v) is 2.25. The van der Waals surface area contributed by atoms with E-state index >= 15 is 0 Å². The molecule has 0 saturated carbocycles. The van der Waals surface area contributed by atoms with E-state index in [0.29, 0.717) is 12.3 Å². The first-order valence-corrected chi connectivity index (χ1v) is 6.37. The van der Waals surface area contributed by atoms with Gasteiger partial charge in [-0.25, -0.2) is 0 Å². The maximum atomic E-state index is 12.2. The Kier molecular flexibility index (Phi) is 4.95. The van der Waals surface area contributed by atoms with Crippen molar-refractivity contribution in [3.63, 3.8) is 0 Å². The molecule has 1 rings (SSSR count). The number of nitrogens with zero attached hydrogens (tertiary/aromatic N) is 1. The van der Waals surface area contributed by atoms with Crippen LogP contribution in [0.4, 0.5) is 0 Å². The van der Waals surface area contributed by atoms with Crippen molar-refractivity contribution in [1.29, 1.82) is 5.26 Å². The molecule has 0 radical (unpaired) electrons. The molecule has 2 N–H and O–H groups in total. The average Bonchev–Trinajstić information content (AvgIpc) is 2.30. The summed E-state index contributed by atoms with van der Waals surface area (Å²) in [6, 6.07) is 2.01. The zero-order valence-corrected chi connectivity index (χ0v) is 11.0. The normalized spacial score (nSPS) is 22.6. The molecule has 0 aromatic rings. The Morgan fingerprint density at radius 3 is 2.88 bits per heavy atom. The van der Waals surface area contributed by atoms with Gasteiger partial charge < -0.3 is 10.6 Å². The number of rotatable bonds is 4. The van der Waals surface area contributed by atoms with E-state index in [9.17, 15) is 4.79 Å². The molecule has 1 aliphatic heterocycles. The van der Waals surface area contributed by atoms with E-state index in [4.69, 9.17) is 5.26 Å². The van der Waals surface area contributed by atoms with Crippen molar-refractivity contribution in [3.05, 3.63) is 0 Å². The molecule has 0 aromatic heterocycles. The van der Waals surface area contributed by atoms with Gasteiger partial charge in [0.15, 0.2) is 0 Å². The summed E-state index contributed by atoms with van der Waals surface area (Å²) in [4.78, 5) is 12.2. The summed E-state index contributed by atoms with van der Waals surface area (Å²) in [6.45, 7) is 7.83. The third-order valence-electron chi connectivity index (χ3n) is 3.68. The van der Waals surface area contributed by atoms with Gasteiger partial charge in [0.2, 0.25) is 5.91 Å². The molecule has 1 aliphatic rings. The van der Waals surface area contributed by atoms with Crippen LogP contribution in [0, 0.1) is 22.7 Å². The van der Waals surface area contributed by atoms with Crippen LogP contribution in [-0.2, 0) is 4.79 Å². The molecule has 2 atom stereocenters. The van der Waals surface area contributed by atoms with Crippen molar-refractivity contribution in [2.24, 2.45) is 11.3 Å². The second kappa shape index (κ2) is 6.02. The fourth-order valence-electron chi connectivity index (χ4n) is 2.25.